The van der Waals surface area contributed by atoms with Crippen molar-refractivity contribution in [3.63, 3.8) is 0 Å². The first-order valence-electron chi connectivity index (χ1n) is 9.70. The summed E-state index contributed by atoms with van der Waals surface area (Å²) < 4.78 is 0. The van der Waals surface area contributed by atoms with Crippen molar-refractivity contribution in [2.45, 2.75) is 39.0 Å². The van der Waals surface area contributed by atoms with Crippen LogP contribution in [0.2, 0.25) is 0 Å². The van der Waals surface area contributed by atoms with Gasteiger partial charge in [-0.25, -0.2) is 4.98 Å². The molecule has 3 rings (SSSR count). The second-order valence-corrected chi connectivity index (χ2v) is 8.44. The van der Waals surface area contributed by atoms with E-state index in [0.29, 0.717) is 12.3 Å². The Kier molecular flexibility index (Phi) is 7.16. The molecule has 0 bridgehead atoms. The molecule has 2 heterocycles. The van der Waals surface area contributed by atoms with Crippen molar-refractivity contribution in [1.82, 2.24) is 10.3 Å². The standard InChI is InChI=1S/C22H29N3OS/c1-17-8-10-25(11-9-17)21-7-6-20(13-23-21)14-24-22(26)16-27-15-19-5-3-4-18(2)12-19/h3-7,12-13,17H,8-11,14-16H2,1-2H3,(H,24,26). The molecular formula is C22H29N3OS. The molecule has 0 unspecified atom stereocenters. The number of rotatable bonds is 7. The number of aryl methyl sites for hydroxylation is 1. The second-order valence-electron chi connectivity index (χ2n) is 7.45. The van der Waals surface area contributed by atoms with Gasteiger partial charge in [-0.1, -0.05) is 42.8 Å². The monoisotopic (exact) mass is 383 g/mol. The third-order valence-corrected chi connectivity index (χ3v) is 5.99. The molecule has 1 saturated heterocycles. The van der Waals surface area contributed by atoms with Gasteiger partial charge in [-0.15, -0.1) is 11.8 Å². The van der Waals surface area contributed by atoms with Crippen LogP contribution in [0.5, 0.6) is 0 Å². The smallest absolute Gasteiger partial charge is 0.230 e. The van der Waals surface area contributed by atoms with E-state index < -0.39 is 0 Å². The summed E-state index contributed by atoms with van der Waals surface area (Å²) >= 11 is 1.65. The number of carbonyl (C=O) groups excluding carboxylic acids is 1. The average molecular weight is 384 g/mol. The SMILES string of the molecule is Cc1cccc(CSCC(=O)NCc2ccc(N3CCC(C)CC3)nc2)c1. The summed E-state index contributed by atoms with van der Waals surface area (Å²) in [7, 11) is 0. The lowest BCUT2D eigenvalue weighted by atomic mass is 9.99. The first-order chi connectivity index (χ1) is 13.1. The van der Waals surface area contributed by atoms with Crippen molar-refractivity contribution in [2.24, 2.45) is 5.92 Å². The maximum atomic E-state index is 12.1. The van der Waals surface area contributed by atoms with Crippen LogP contribution in [0.3, 0.4) is 0 Å². The highest BCUT2D eigenvalue weighted by Crippen LogP contribution is 2.21. The van der Waals surface area contributed by atoms with E-state index >= 15 is 0 Å². The normalized spacial score (nSPS) is 15.0. The molecule has 0 spiro atoms. The van der Waals surface area contributed by atoms with Crippen LogP contribution in [0, 0.1) is 12.8 Å². The first-order valence-corrected chi connectivity index (χ1v) is 10.9. The molecule has 1 aromatic heterocycles. The van der Waals surface area contributed by atoms with Gasteiger partial charge >= 0.3 is 0 Å². The van der Waals surface area contributed by atoms with Gasteiger partial charge in [0.2, 0.25) is 5.91 Å². The minimum absolute atomic E-state index is 0.0711. The van der Waals surface area contributed by atoms with Gasteiger partial charge in [-0.3, -0.25) is 4.79 Å². The third-order valence-electron chi connectivity index (χ3n) is 4.99. The van der Waals surface area contributed by atoms with Crippen LogP contribution >= 0.6 is 11.8 Å². The number of pyridine rings is 1. The molecule has 1 amide bonds. The largest absolute Gasteiger partial charge is 0.357 e. The summed E-state index contributed by atoms with van der Waals surface area (Å²) in [6.45, 7) is 7.11. The number of amides is 1. The summed E-state index contributed by atoms with van der Waals surface area (Å²) in [6.07, 6.45) is 4.35. The van der Waals surface area contributed by atoms with Crippen LogP contribution in [0.1, 0.15) is 36.5 Å². The molecule has 1 N–H and O–H groups in total. The number of anilines is 1. The minimum Gasteiger partial charge on any atom is -0.357 e. The molecule has 1 aliphatic rings. The number of nitrogens with one attached hydrogen (secondary N) is 1. The van der Waals surface area contributed by atoms with Crippen LogP contribution in [0.15, 0.2) is 42.6 Å². The Labute approximate surface area is 166 Å². The Morgan fingerprint density at radius 3 is 2.74 bits per heavy atom. The molecular weight excluding hydrogens is 354 g/mol. The number of carbonyl (C=O) groups is 1. The molecule has 5 heteroatoms. The summed E-state index contributed by atoms with van der Waals surface area (Å²) in [4.78, 5) is 19.0. The molecule has 1 fully saturated rings. The van der Waals surface area contributed by atoms with Crippen molar-refractivity contribution in [3.05, 3.63) is 59.3 Å². The fourth-order valence-corrected chi connectivity index (χ4v) is 4.07. The molecule has 2 aromatic rings. The highest BCUT2D eigenvalue weighted by atomic mass is 32.2. The lowest BCUT2D eigenvalue weighted by Crippen LogP contribution is -2.33. The third kappa shape index (κ3) is 6.28. The van der Waals surface area contributed by atoms with Gasteiger partial charge in [0.1, 0.15) is 5.82 Å². The van der Waals surface area contributed by atoms with Crippen LogP contribution in [0.4, 0.5) is 5.82 Å². The van der Waals surface area contributed by atoms with Crippen molar-refractivity contribution in [1.29, 1.82) is 0 Å². The van der Waals surface area contributed by atoms with E-state index in [9.17, 15) is 4.79 Å². The average Bonchev–Trinajstić information content (AvgIpc) is 2.68. The van der Waals surface area contributed by atoms with Gasteiger partial charge in [0, 0.05) is 31.6 Å². The van der Waals surface area contributed by atoms with E-state index in [1.165, 1.54) is 24.0 Å². The highest BCUT2D eigenvalue weighted by molar-refractivity contribution is 7.99. The maximum Gasteiger partial charge on any atom is 0.230 e. The van der Waals surface area contributed by atoms with E-state index in [1.807, 2.05) is 6.20 Å². The number of piperidine rings is 1. The van der Waals surface area contributed by atoms with Crippen LogP contribution < -0.4 is 10.2 Å². The summed E-state index contributed by atoms with van der Waals surface area (Å²) in [5, 5.41) is 2.99. The number of hydrogen-bond donors (Lipinski definition) is 1. The van der Waals surface area contributed by atoms with Gasteiger partial charge in [0.25, 0.3) is 0 Å². The van der Waals surface area contributed by atoms with Gasteiger partial charge in [-0.05, 0) is 42.9 Å². The van der Waals surface area contributed by atoms with Crippen molar-refractivity contribution in [2.75, 3.05) is 23.7 Å². The Bertz CT molecular complexity index is 739. The van der Waals surface area contributed by atoms with E-state index in [0.717, 1.165) is 36.1 Å². The van der Waals surface area contributed by atoms with Crippen LogP contribution in [-0.4, -0.2) is 29.7 Å². The molecule has 1 aliphatic heterocycles. The molecule has 0 atom stereocenters. The second kappa shape index (κ2) is 9.79. The summed E-state index contributed by atoms with van der Waals surface area (Å²) in [5.74, 6) is 3.28. The molecule has 27 heavy (non-hydrogen) atoms. The maximum absolute atomic E-state index is 12.1. The van der Waals surface area contributed by atoms with E-state index in [1.54, 1.807) is 11.8 Å². The molecule has 0 radical (unpaired) electrons. The van der Waals surface area contributed by atoms with Gasteiger partial charge in [-0.2, -0.15) is 0 Å². The lowest BCUT2D eigenvalue weighted by Gasteiger charge is -2.31. The number of thioether (sulfide) groups is 1. The first kappa shape index (κ1) is 19.7. The van der Waals surface area contributed by atoms with E-state index in [2.05, 4.69) is 65.4 Å². The van der Waals surface area contributed by atoms with Crippen LogP contribution in [0.25, 0.3) is 0 Å². The number of hydrogen-bond acceptors (Lipinski definition) is 4. The van der Waals surface area contributed by atoms with Gasteiger partial charge in [0.05, 0.1) is 5.75 Å². The quantitative estimate of drug-likeness (QED) is 0.779. The topological polar surface area (TPSA) is 45.2 Å². The highest BCUT2D eigenvalue weighted by Gasteiger charge is 2.16. The molecule has 4 nitrogen and oxygen atoms in total. The minimum atomic E-state index is 0.0711. The predicted octanol–water partition coefficient (Wildman–Crippen LogP) is 4.18. The van der Waals surface area contributed by atoms with E-state index in [-0.39, 0.29) is 5.91 Å². The van der Waals surface area contributed by atoms with Crippen LogP contribution in [-0.2, 0) is 17.1 Å². The fraction of sp³-hybridized carbons (Fsp3) is 0.455. The van der Waals surface area contributed by atoms with Crippen molar-refractivity contribution >= 4 is 23.5 Å². The molecule has 0 aliphatic carbocycles. The number of benzene rings is 1. The van der Waals surface area contributed by atoms with E-state index in [4.69, 9.17) is 0 Å². The zero-order valence-electron chi connectivity index (χ0n) is 16.3. The molecule has 0 saturated carbocycles. The lowest BCUT2D eigenvalue weighted by molar-refractivity contribution is -0.118. The summed E-state index contributed by atoms with van der Waals surface area (Å²) in [5.41, 5.74) is 3.56. The molecule has 144 valence electrons. The Morgan fingerprint density at radius 2 is 2.04 bits per heavy atom. The van der Waals surface area contributed by atoms with Crippen molar-refractivity contribution < 1.29 is 4.79 Å². The zero-order valence-corrected chi connectivity index (χ0v) is 17.1. The zero-order chi connectivity index (χ0) is 19.1. The Hall–Kier alpha value is -2.01. The van der Waals surface area contributed by atoms with Crippen molar-refractivity contribution in [3.8, 4) is 0 Å². The Balaban J connectivity index is 1.38. The molecule has 1 aromatic carbocycles. The Morgan fingerprint density at radius 1 is 1.22 bits per heavy atom. The van der Waals surface area contributed by atoms with Gasteiger partial charge < -0.3 is 10.2 Å². The number of nitrogens with zero attached hydrogens (tertiary/aromatic N) is 2. The summed E-state index contributed by atoms with van der Waals surface area (Å²) in [6, 6.07) is 12.6. The number of aromatic nitrogens is 1. The fourth-order valence-electron chi connectivity index (χ4n) is 3.26. The van der Waals surface area contributed by atoms with Gasteiger partial charge in [0.15, 0.2) is 0 Å². The predicted molar refractivity (Wildman–Crippen MR) is 114 cm³/mol.